The van der Waals surface area contributed by atoms with Gasteiger partial charge in [-0.1, -0.05) is 37.3 Å². The molecule has 20 heavy (non-hydrogen) atoms. The van der Waals surface area contributed by atoms with Crippen molar-refractivity contribution in [1.82, 2.24) is 0 Å². The third-order valence-corrected chi connectivity index (χ3v) is 3.81. The predicted octanol–water partition coefficient (Wildman–Crippen LogP) is 3.67. The topological polar surface area (TPSA) is 29.3 Å². The molecule has 2 aromatic rings. The second-order valence-electron chi connectivity index (χ2n) is 5.29. The van der Waals surface area contributed by atoms with E-state index >= 15 is 0 Å². The molecule has 0 amide bonds. The van der Waals surface area contributed by atoms with Crippen molar-refractivity contribution in [2.45, 2.75) is 19.4 Å². The number of rotatable bonds is 2. The molecular formula is C16H16F2N2. The minimum Gasteiger partial charge on any atom is -0.394 e. The molecule has 0 aromatic heterocycles. The highest BCUT2D eigenvalue weighted by Gasteiger charge is 2.31. The zero-order valence-corrected chi connectivity index (χ0v) is 11.2. The number of anilines is 2. The van der Waals surface area contributed by atoms with E-state index in [0.29, 0.717) is 24.3 Å². The van der Waals surface area contributed by atoms with Crippen LogP contribution in [0.1, 0.15) is 24.0 Å². The lowest BCUT2D eigenvalue weighted by Gasteiger charge is -2.20. The maximum absolute atomic E-state index is 14.1. The smallest absolute Gasteiger partial charge is 0.154 e. The van der Waals surface area contributed by atoms with Gasteiger partial charge in [0.25, 0.3) is 0 Å². The Balaban J connectivity index is 2.00. The Kier molecular flexibility index (Phi) is 3.08. The van der Waals surface area contributed by atoms with Gasteiger partial charge in [-0.05, 0) is 11.6 Å². The lowest BCUT2D eigenvalue weighted by molar-refractivity contribution is 0.578. The van der Waals surface area contributed by atoms with Gasteiger partial charge in [0, 0.05) is 30.3 Å². The molecule has 1 atom stereocenters. The fourth-order valence-corrected chi connectivity index (χ4v) is 2.84. The van der Waals surface area contributed by atoms with Crippen molar-refractivity contribution >= 4 is 11.4 Å². The average Bonchev–Trinajstić information content (AvgIpc) is 2.73. The Morgan fingerprint density at radius 3 is 2.65 bits per heavy atom. The van der Waals surface area contributed by atoms with Crippen LogP contribution >= 0.6 is 0 Å². The number of benzene rings is 2. The number of hydrogen-bond acceptors (Lipinski definition) is 2. The van der Waals surface area contributed by atoms with Crippen molar-refractivity contribution in [3.63, 3.8) is 0 Å². The van der Waals surface area contributed by atoms with Crippen LogP contribution in [-0.4, -0.2) is 6.54 Å². The molecule has 3 rings (SSSR count). The number of halogens is 2. The maximum atomic E-state index is 14.1. The predicted molar refractivity (Wildman–Crippen MR) is 76.7 cm³/mol. The van der Waals surface area contributed by atoms with Gasteiger partial charge in [0.15, 0.2) is 11.6 Å². The number of nitrogens with two attached hydrogens (primary N) is 1. The van der Waals surface area contributed by atoms with E-state index in [1.807, 2.05) is 42.2 Å². The van der Waals surface area contributed by atoms with Gasteiger partial charge >= 0.3 is 0 Å². The van der Waals surface area contributed by atoms with Crippen molar-refractivity contribution in [3.8, 4) is 0 Å². The number of hydrogen-bond donors (Lipinski definition) is 1. The molecule has 0 spiro atoms. The van der Waals surface area contributed by atoms with Crippen LogP contribution in [0, 0.1) is 11.6 Å². The van der Waals surface area contributed by atoms with Crippen LogP contribution in [0.3, 0.4) is 0 Å². The highest BCUT2D eigenvalue weighted by molar-refractivity contribution is 5.66. The minimum absolute atomic E-state index is 0.0108. The van der Waals surface area contributed by atoms with Crippen molar-refractivity contribution in [2.75, 3.05) is 17.2 Å². The quantitative estimate of drug-likeness (QED) is 0.847. The molecule has 4 heteroatoms. The lowest BCUT2D eigenvalue weighted by atomic mass is 10.0. The SMILES string of the molecule is CC1CN(Cc2ccccc2)c2cc(F)c(N)c(F)c21. The van der Waals surface area contributed by atoms with Crippen molar-refractivity contribution < 1.29 is 8.78 Å². The summed E-state index contributed by atoms with van der Waals surface area (Å²) in [5.74, 6) is -1.28. The van der Waals surface area contributed by atoms with E-state index in [0.717, 1.165) is 5.56 Å². The monoisotopic (exact) mass is 274 g/mol. The summed E-state index contributed by atoms with van der Waals surface area (Å²) >= 11 is 0. The van der Waals surface area contributed by atoms with Gasteiger partial charge < -0.3 is 10.6 Å². The van der Waals surface area contributed by atoms with E-state index in [1.165, 1.54) is 6.07 Å². The van der Waals surface area contributed by atoms with E-state index in [-0.39, 0.29) is 11.6 Å². The second-order valence-corrected chi connectivity index (χ2v) is 5.29. The van der Waals surface area contributed by atoms with Crippen LogP contribution in [-0.2, 0) is 6.54 Å². The van der Waals surface area contributed by atoms with Crippen LogP contribution in [0.2, 0.25) is 0 Å². The second kappa shape index (κ2) is 4.78. The largest absolute Gasteiger partial charge is 0.394 e. The number of nitrogens with zero attached hydrogens (tertiary/aromatic N) is 1. The zero-order chi connectivity index (χ0) is 14.3. The van der Waals surface area contributed by atoms with E-state index in [2.05, 4.69) is 0 Å². The number of nitrogen functional groups attached to an aromatic ring is 1. The van der Waals surface area contributed by atoms with Gasteiger partial charge in [-0.2, -0.15) is 0 Å². The molecule has 2 nitrogen and oxygen atoms in total. The molecule has 0 saturated heterocycles. The molecule has 2 aromatic carbocycles. The van der Waals surface area contributed by atoms with Crippen LogP contribution in [0.15, 0.2) is 36.4 Å². The van der Waals surface area contributed by atoms with Gasteiger partial charge in [0.05, 0.1) is 0 Å². The first kappa shape index (κ1) is 12.9. The molecular weight excluding hydrogens is 258 g/mol. The van der Waals surface area contributed by atoms with Crippen LogP contribution in [0.25, 0.3) is 0 Å². The standard InChI is InChI=1S/C16H16F2N2/c1-10-8-20(9-11-5-3-2-4-6-11)13-7-12(17)16(19)15(18)14(10)13/h2-7,10H,8-9,19H2,1H3. The molecule has 1 unspecified atom stereocenters. The molecule has 1 heterocycles. The molecule has 104 valence electrons. The summed E-state index contributed by atoms with van der Waals surface area (Å²) in [5.41, 5.74) is 7.33. The molecule has 1 aliphatic rings. The fourth-order valence-electron chi connectivity index (χ4n) is 2.84. The summed E-state index contributed by atoms with van der Waals surface area (Å²) in [6.07, 6.45) is 0. The van der Waals surface area contributed by atoms with Crippen LogP contribution in [0.4, 0.5) is 20.2 Å². The van der Waals surface area contributed by atoms with Crippen LogP contribution in [0.5, 0.6) is 0 Å². The van der Waals surface area contributed by atoms with Crippen molar-refractivity contribution in [2.24, 2.45) is 0 Å². The normalized spacial score (nSPS) is 17.4. The van der Waals surface area contributed by atoms with E-state index in [1.54, 1.807) is 0 Å². The maximum Gasteiger partial charge on any atom is 0.154 e. The summed E-state index contributed by atoms with van der Waals surface area (Å²) in [5, 5.41) is 0. The summed E-state index contributed by atoms with van der Waals surface area (Å²) in [6, 6.07) is 11.2. The molecule has 0 saturated carbocycles. The highest BCUT2D eigenvalue weighted by Crippen LogP contribution is 2.41. The number of fused-ring (bicyclic) bond motifs is 1. The van der Waals surface area contributed by atoms with Gasteiger partial charge in [0.1, 0.15) is 5.69 Å². The van der Waals surface area contributed by atoms with Gasteiger partial charge in [-0.15, -0.1) is 0 Å². The summed E-state index contributed by atoms with van der Waals surface area (Å²) in [4.78, 5) is 2.00. The highest BCUT2D eigenvalue weighted by atomic mass is 19.1. The molecule has 1 aliphatic heterocycles. The Morgan fingerprint density at radius 1 is 1.25 bits per heavy atom. The Bertz CT molecular complexity index is 641. The first-order valence-electron chi connectivity index (χ1n) is 6.64. The summed E-state index contributed by atoms with van der Waals surface area (Å²) in [7, 11) is 0. The summed E-state index contributed by atoms with van der Waals surface area (Å²) in [6.45, 7) is 3.25. The molecule has 0 aliphatic carbocycles. The Labute approximate surface area is 116 Å². The fraction of sp³-hybridized carbons (Fsp3) is 0.250. The molecule has 2 N–H and O–H groups in total. The van der Waals surface area contributed by atoms with E-state index in [4.69, 9.17) is 5.73 Å². The van der Waals surface area contributed by atoms with Gasteiger partial charge in [-0.3, -0.25) is 0 Å². The Hall–Kier alpha value is -2.10. The molecule has 0 radical (unpaired) electrons. The van der Waals surface area contributed by atoms with E-state index < -0.39 is 11.6 Å². The minimum atomic E-state index is -0.687. The van der Waals surface area contributed by atoms with Crippen LogP contribution < -0.4 is 10.6 Å². The van der Waals surface area contributed by atoms with Crippen molar-refractivity contribution in [3.05, 3.63) is 59.2 Å². The third-order valence-electron chi connectivity index (χ3n) is 3.81. The lowest BCUT2D eigenvalue weighted by Crippen LogP contribution is -2.20. The first-order chi connectivity index (χ1) is 9.58. The average molecular weight is 274 g/mol. The van der Waals surface area contributed by atoms with Crippen molar-refractivity contribution in [1.29, 1.82) is 0 Å². The summed E-state index contributed by atoms with van der Waals surface area (Å²) < 4.78 is 27.8. The molecule has 0 bridgehead atoms. The van der Waals surface area contributed by atoms with E-state index in [9.17, 15) is 8.78 Å². The Morgan fingerprint density at radius 2 is 1.95 bits per heavy atom. The third kappa shape index (κ3) is 2.01. The first-order valence-corrected chi connectivity index (χ1v) is 6.64. The van der Waals surface area contributed by atoms with Gasteiger partial charge in [-0.25, -0.2) is 8.78 Å². The molecule has 0 fully saturated rings. The van der Waals surface area contributed by atoms with Gasteiger partial charge in [0.2, 0.25) is 0 Å². The zero-order valence-electron chi connectivity index (χ0n) is 11.2.